The zero-order chi connectivity index (χ0) is 35.2. The molecule has 0 aliphatic carbocycles. The first-order valence-electron chi connectivity index (χ1n) is 16.7. The largest absolute Gasteiger partial charge is 0.870 e. The van der Waals surface area contributed by atoms with Crippen molar-refractivity contribution in [3.05, 3.63) is 23.3 Å². The molecule has 1 saturated heterocycles. The van der Waals surface area contributed by atoms with Crippen LogP contribution in [0.25, 0.3) is 10.9 Å². The third kappa shape index (κ3) is 15.5. The molecule has 2 heterocycles. The number of nitrogens with one attached hydrogen (secondary N) is 2. The molecule has 2 aromatic rings. The van der Waals surface area contributed by atoms with E-state index in [-0.39, 0.29) is 40.7 Å². The number of aromatic amines is 1. The highest BCUT2D eigenvalue weighted by molar-refractivity contribution is 7.80. The zero-order valence-corrected chi connectivity index (χ0v) is 31.0. The molecule has 1 aromatic carbocycles. The maximum absolute atomic E-state index is 12.8. The molecule has 0 bridgehead atoms. The number of aromatic nitrogens is 1. The topological polar surface area (TPSA) is 191 Å². The number of fused-ring (bicyclic) bond motifs is 1. The Labute approximate surface area is 294 Å². The summed E-state index contributed by atoms with van der Waals surface area (Å²) >= 11 is 1.24. The van der Waals surface area contributed by atoms with E-state index in [0.717, 1.165) is 30.6 Å². The molecular formula is C34H59N5O9S. The minimum Gasteiger partial charge on any atom is -0.870 e. The first-order valence-corrected chi connectivity index (χ1v) is 17.6. The van der Waals surface area contributed by atoms with Crippen molar-refractivity contribution >= 4 is 34.5 Å². The minimum atomic E-state index is -0.295. The van der Waals surface area contributed by atoms with Crippen LogP contribution in [0.15, 0.2) is 17.2 Å². The lowest BCUT2D eigenvalue weighted by Crippen LogP contribution is -2.49. The molecule has 14 nitrogen and oxygen atoms in total. The maximum atomic E-state index is 12.8. The second-order valence-corrected chi connectivity index (χ2v) is 16.2. The molecule has 0 saturated carbocycles. The summed E-state index contributed by atoms with van der Waals surface area (Å²) in [4.78, 5) is 36.0. The van der Waals surface area contributed by atoms with E-state index in [0.29, 0.717) is 78.2 Å². The first kappa shape index (κ1) is 42.7. The lowest BCUT2D eigenvalue weighted by Gasteiger charge is -2.34. The quantitative estimate of drug-likeness (QED) is 0.0679. The molecule has 1 aromatic heterocycles. The standard InChI is InChI=1S/C34H57N5O8S.H2O/c1-33(2,3)21-26-25-7-8-28(40)27(31(25)37-32(26)48-34(4,5)6)22-38-10-12-39(13-11-38)30(42)24-46-20-19-45-18-17-44-16-15-43-14-9-36-29(41)23-47-35;/h7-8,37,40H,9-24,35H2,1-6H3,(H,36,41);1H2. The molecule has 0 spiro atoms. The van der Waals surface area contributed by atoms with Gasteiger partial charge < -0.3 is 44.7 Å². The Morgan fingerprint density at radius 1 is 0.878 bits per heavy atom. The van der Waals surface area contributed by atoms with E-state index < -0.39 is 0 Å². The number of hydrogen-bond donors (Lipinski definition) is 4. The number of H-pyrrole nitrogens is 1. The van der Waals surface area contributed by atoms with Crippen LogP contribution in [0, 0.1) is 5.41 Å². The number of amides is 2. The highest BCUT2D eigenvalue weighted by Gasteiger charge is 2.31. The molecular weight excluding hydrogens is 654 g/mol. The van der Waals surface area contributed by atoms with Crippen molar-refractivity contribution < 1.29 is 44.0 Å². The number of piperazine rings is 1. The van der Waals surface area contributed by atoms with Gasteiger partial charge in [0.25, 0.3) is 0 Å². The monoisotopic (exact) mass is 713 g/mol. The maximum Gasteiger partial charge on any atom is 0.248 e. The smallest absolute Gasteiger partial charge is 0.248 e. The number of aromatic hydroxyl groups is 1. The van der Waals surface area contributed by atoms with Crippen LogP contribution in [-0.2, 0) is 58.1 Å². The number of hydrogen-bond acceptors (Lipinski definition) is 11. The number of nitrogens with two attached hydrogens (primary N) is 1. The molecule has 280 valence electrons. The predicted octanol–water partition coefficient (Wildman–Crippen LogP) is 1.97. The molecule has 49 heavy (non-hydrogen) atoms. The number of nitrogens with zero attached hydrogens (tertiary/aromatic N) is 2. The van der Waals surface area contributed by atoms with Crippen LogP contribution >= 0.6 is 0 Å². The van der Waals surface area contributed by atoms with Gasteiger partial charge >= 0.3 is 0 Å². The van der Waals surface area contributed by atoms with Crippen molar-refractivity contribution in [2.24, 2.45) is 11.3 Å². The van der Waals surface area contributed by atoms with Crippen LogP contribution in [0.3, 0.4) is 0 Å². The Hall–Kier alpha value is -2.47. The number of benzene rings is 1. The van der Waals surface area contributed by atoms with Gasteiger partial charge in [-0.15, -0.1) is 0 Å². The van der Waals surface area contributed by atoms with E-state index in [1.165, 1.54) is 27.7 Å². The first-order chi connectivity index (χ1) is 22.8. The molecule has 1 aliphatic rings. The van der Waals surface area contributed by atoms with Crippen molar-refractivity contribution in [1.29, 1.82) is 0 Å². The summed E-state index contributed by atoms with van der Waals surface area (Å²) in [6, 6.07) is 3.88. The Balaban J connectivity index is 0.00000833. The normalized spacial score (nSPS) is 14.3. The second-order valence-electron chi connectivity index (χ2n) is 14.2. The fourth-order valence-corrected chi connectivity index (χ4v) is 6.50. The van der Waals surface area contributed by atoms with E-state index in [2.05, 4.69) is 67.6 Å². The summed E-state index contributed by atoms with van der Waals surface area (Å²) in [5.41, 5.74) is 3.40. The number of ether oxygens (including phenoxy) is 4. The van der Waals surface area contributed by atoms with Crippen molar-refractivity contribution in [3.63, 3.8) is 0 Å². The number of phenols is 1. The minimum absolute atomic E-state index is 0. The van der Waals surface area contributed by atoms with Crippen LogP contribution in [0.1, 0.15) is 52.7 Å². The molecule has 0 unspecified atom stereocenters. The Morgan fingerprint density at radius 2 is 1.47 bits per heavy atom. The van der Waals surface area contributed by atoms with Gasteiger partial charge in [0.2, 0.25) is 16.8 Å². The van der Waals surface area contributed by atoms with Gasteiger partial charge in [-0.3, -0.25) is 19.3 Å². The van der Waals surface area contributed by atoms with Crippen molar-refractivity contribution in [1.82, 2.24) is 20.1 Å². The fraction of sp³-hybridized carbons (Fsp3) is 0.706. The molecule has 6 N–H and O–H groups in total. The second kappa shape index (κ2) is 21.0. The van der Waals surface area contributed by atoms with Gasteiger partial charge in [-0.25, -0.2) is 5.90 Å². The summed E-state index contributed by atoms with van der Waals surface area (Å²) in [7, 11) is 0. The number of carbonyl (C=O) groups is 2. The number of carbonyl (C=O) groups excluding carboxylic acids is 2. The number of thiol groups is 1. The Kier molecular flexibility index (Phi) is 18.3. The Morgan fingerprint density at radius 3 is 2.04 bits per heavy atom. The highest BCUT2D eigenvalue weighted by atomic mass is 32.2. The van der Waals surface area contributed by atoms with Crippen molar-refractivity contribution in [2.75, 3.05) is 92.2 Å². The lowest BCUT2D eigenvalue weighted by atomic mass is 9.88. The van der Waals surface area contributed by atoms with Gasteiger partial charge in [0.15, 0.2) is 0 Å². The molecule has 0 atom stereocenters. The van der Waals surface area contributed by atoms with E-state index in [1.807, 2.05) is 11.0 Å². The van der Waals surface area contributed by atoms with Gasteiger partial charge in [0, 0.05) is 67.5 Å². The number of rotatable bonds is 20. The van der Waals surface area contributed by atoms with Crippen LogP contribution in [0.4, 0.5) is 0 Å². The van der Waals surface area contributed by atoms with Gasteiger partial charge in [0.1, 0.15) is 23.7 Å². The van der Waals surface area contributed by atoms with E-state index in [4.69, 9.17) is 24.8 Å². The summed E-state index contributed by atoms with van der Waals surface area (Å²) in [6.07, 6.45) is 0.952. The van der Waals surface area contributed by atoms with Gasteiger partial charge in [0.05, 0.1) is 51.8 Å². The highest BCUT2D eigenvalue weighted by Crippen LogP contribution is 2.37. The number of phenolic OH excluding ortho intramolecular Hbond substituents is 1. The van der Waals surface area contributed by atoms with E-state index >= 15 is 0 Å². The molecule has 1 aliphatic heterocycles. The van der Waals surface area contributed by atoms with Crippen LogP contribution in [-0.4, -0.2) is 134 Å². The molecule has 0 radical (unpaired) electrons. The third-order valence-corrected chi connectivity index (χ3v) is 8.80. The summed E-state index contributed by atoms with van der Waals surface area (Å²) < 4.78 is 22.0. The average molecular weight is 714 g/mol. The van der Waals surface area contributed by atoms with Crippen molar-refractivity contribution in [2.45, 2.75) is 64.3 Å². The zero-order valence-electron chi connectivity index (χ0n) is 30.1. The summed E-state index contributed by atoms with van der Waals surface area (Å²) in [5.74, 6) is 4.80. The van der Waals surface area contributed by atoms with Crippen molar-refractivity contribution in [3.8, 4) is 5.75 Å². The van der Waals surface area contributed by atoms with Gasteiger partial charge in [-0.2, -0.15) is 0 Å². The predicted molar refractivity (Wildman–Crippen MR) is 190 cm³/mol. The SMILES string of the molecule is CC(C)(C)Cc1c([SH+]C(C)(C)C)[nH]c2c(CN3CCN(C(=O)COCCOCCOCCOCCNC(=O)CON)CC3)c(O)ccc12.[OH-]. The molecule has 3 rings (SSSR count). The van der Waals surface area contributed by atoms with Gasteiger partial charge in [-0.1, -0.05) is 20.8 Å². The molecule has 1 fully saturated rings. The fourth-order valence-electron chi connectivity index (χ4n) is 5.33. The van der Waals surface area contributed by atoms with E-state index in [9.17, 15) is 14.7 Å². The lowest BCUT2D eigenvalue weighted by molar-refractivity contribution is -0.138. The third-order valence-electron chi connectivity index (χ3n) is 7.53. The van der Waals surface area contributed by atoms with Crippen LogP contribution < -0.4 is 11.2 Å². The molecule has 2 amide bonds. The van der Waals surface area contributed by atoms with Crippen LogP contribution in [0.2, 0.25) is 0 Å². The summed E-state index contributed by atoms with van der Waals surface area (Å²) in [5, 5.41) is 16.0. The van der Waals surface area contributed by atoms with Gasteiger partial charge in [-0.05, 0) is 44.7 Å². The Bertz CT molecular complexity index is 1290. The van der Waals surface area contributed by atoms with E-state index in [1.54, 1.807) is 0 Å². The molecule has 15 heteroatoms. The average Bonchev–Trinajstić information content (AvgIpc) is 3.33. The summed E-state index contributed by atoms with van der Waals surface area (Å²) in [6.45, 7) is 19.7. The van der Waals surface area contributed by atoms with Crippen LogP contribution in [0.5, 0.6) is 5.75 Å².